The second-order valence-corrected chi connectivity index (χ2v) is 8.87. The number of rotatable bonds is 3. The Kier molecular flexibility index (Phi) is 5.15. The van der Waals surface area contributed by atoms with Crippen LogP contribution >= 0.6 is 34.7 Å². The van der Waals surface area contributed by atoms with Crippen molar-refractivity contribution in [3.8, 4) is 6.07 Å². The van der Waals surface area contributed by atoms with Crippen molar-refractivity contribution < 1.29 is 4.79 Å². The van der Waals surface area contributed by atoms with E-state index in [1.165, 1.54) is 23.1 Å². The molecule has 1 atom stereocenters. The largest absolute Gasteiger partial charge is 0.384 e. The summed E-state index contributed by atoms with van der Waals surface area (Å²) in [5.41, 5.74) is 9.08. The third kappa shape index (κ3) is 3.09. The van der Waals surface area contributed by atoms with Gasteiger partial charge in [-0.1, -0.05) is 46.8 Å². The van der Waals surface area contributed by atoms with Crippen LogP contribution in [0.3, 0.4) is 0 Å². The van der Waals surface area contributed by atoms with Crippen molar-refractivity contribution in [3.05, 3.63) is 57.5 Å². The number of benzene rings is 1. The minimum absolute atomic E-state index is 0.0426. The Bertz CT molecular complexity index is 1050. The quantitative estimate of drug-likeness (QED) is 0.729. The number of aromatic nitrogens is 2. The van der Waals surface area contributed by atoms with E-state index in [2.05, 4.69) is 16.3 Å². The Morgan fingerprint density at radius 1 is 1.32 bits per heavy atom. The highest BCUT2D eigenvalue weighted by Crippen LogP contribution is 2.47. The van der Waals surface area contributed by atoms with Crippen LogP contribution in [0.2, 0.25) is 5.02 Å². The number of thioether (sulfide) groups is 1. The average Bonchev–Trinajstić information content (AvgIpc) is 3.17. The number of carbonyl (C=O) groups is 1. The standard InChI is InChI=1S/C19H16ClN5OS2/c1-27-19-24-23-18(28-19)25-13-3-2-4-14(26)16(13)15(12(9-21)17(25)22)10-5-7-11(20)8-6-10/h5-8,15H,2-4,22H2,1H3. The number of hydrogen-bond acceptors (Lipinski definition) is 8. The molecule has 1 unspecified atom stereocenters. The zero-order chi connectivity index (χ0) is 19.8. The van der Waals surface area contributed by atoms with Crippen LogP contribution < -0.4 is 10.6 Å². The maximum absolute atomic E-state index is 13.0. The SMILES string of the molecule is CSc1nnc(N2C(N)=C(C#N)C(c3ccc(Cl)cc3)C3=C2CCCC3=O)s1. The maximum atomic E-state index is 13.0. The summed E-state index contributed by atoms with van der Waals surface area (Å²) < 4.78 is 0.797. The van der Waals surface area contributed by atoms with Gasteiger partial charge in [-0.15, -0.1) is 10.2 Å². The molecule has 1 aliphatic carbocycles. The smallest absolute Gasteiger partial charge is 0.219 e. The van der Waals surface area contributed by atoms with Crippen molar-refractivity contribution in [2.75, 3.05) is 11.2 Å². The number of nitrogens with two attached hydrogens (primary N) is 1. The molecule has 2 heterocycles. The van der Waals surface area contributed by atoms with Crippen LogP contribution in [-0.2, 0) is 4.79 Å². The fourth-order valence-corrected chi connectivity index (χ4v) is 5.09. The van der Waals surface area contributed by atoms with Gasteiger partial charge in [-0.2, -0.15) is 5.26 Å². The molecule has 1 aromatic carbocycles. The maximum Gasteiger partial charge on any atom is 0.219 e. The van der Waals surface area contributed by atoms with E-state index >= 15 is 0 Å². The molecule has 142 valence electrons. The fourth-order valence-electron chi connectivity index (χ4n) is 3.67. The summed E-state index contributed by atoms with van der Waals surface area (Å²) in [7, 11) is 0. The molecule has 1 aromatic heterocycles. The van der Waals surface area contributed by atoms with Gasteiger partial charge in [0, 0.05) is 22.7 Å². The van der Waals surface area contributed by atoms with Crippen LogP contribution in [0, 0.1) is 11.3 Å². The highest BCUT2D eigenvalue weighted by atomic mass is 35.5. The van der Waals surface area contributed by atoms with Gasteiger partial charge in [0.1, 0.15) is 5.82 Å². The number of nitriles is 1. The minimum atomic E-state index is -0.491. The number of ketones is 1. The number of nitrogens with zero attached hydrogens (tertiary/aromatic N) is 4. The summed E-state index contributed by atoms with van der Waals surface area (Å²) in [5, 5.41) is 19.5. The molecule has 0 amide bonds. The molecule has 0 saturated carbocycles. The molecular formula is C19H16ClN5OS2. The van der Waals surface area contributed by atoms with E-state index in [0.717, 1.165) is 22.0 Å². The van der Waals surface area contributed by atoms with Crippen molar-refractivity contribution in [2.24, 2.45) is 5.73 Å². The van der Waals surface area contributed by atoms with Gasteiger partial charge in [0.05, 0.1) is 17.6 Å². The fraction of sp³-hybridized carbons (Fsp3) is 0.263. The lowest BCUT2D eigenvalue weighted by Gasteiger charge is -2.38. The highest BCUT2D eigenvalue weighted by Gasteiger charge is 2.41. The van der Waals surface area contributed by atoms with E-state index in [1.807, 2.05) is 18.4 Å². The zero-order valence-corrected chi connectivity index (χ0v) is 17.4. The number of hydrogen-bond donors (Lipinski definition) is 1. The Hall–Kier alpha value is -2.34. The Balaban J connectivity index is 1.93. The van der Waals surface area contributed by atoms with Gasteiger partial charge in [0.2, 0.25) is 5.13 Å². The Morgan fingerprint density at radius 2 is 2.07 bits per heavy atom. The van der Waals surface area contributed by atoms with Gasteiger partial charge in [0.15, 0.2) is 10.1 Å². The van der Waals surface area contributed by atoms with E-state index < -0.39 is 5.92 Å². The van der Waals surface area contributed by atoms with Crippen molar-refractivity contribution >= 4 is 45.6 Å². The molecule has 0 spiro atoms. The number of carbonyl (C=O) groups excluding carboxylic acids is 1. The van der Waals surface area contributed by atoms with Gasteiger partial charge in [0.25, 0.3) is 0 Å². The first-order valence-electron chi connectivity index (χ1n) is 8.64. The lowest BCUT2D eigenvalue weighted by molar-refractivity contribution is -0.116. The molecule has 9 heteroatoms. The molecular weight excluding hydrogens is 414 g/mol. The molecule has 4 rings (SSSR count). The molecule has 28 heavy (non-hydrogen) atoms. The van der Waals surface area contributed by atoms with E-state index in [9.17, 15) is 10.1 Å². The lowest BCUT2D eigenvalue weighted by atomic mass is 9.76. The van der Waals surface area contributed by atoms with Crippen LogP contribution in [-0.4, -0.2) is 22.2 Å². The first-order chi connectivity index (χ1) is 13.5. The molecule has 2 aromatic rings. The molecule has 1 aliphatic heterocycles. The van der Waals surface area contributed by atoms with E-state index in [4.69, 9.17) is 17.3 Å². The topological polar surface area (TPSA) is 95.9 Å². The Morgan fingerprint density at radius 3 is 2.71 bits per heavy atom. The molecule has 0 saturated heterocycles. The van der Waals surface area contributed by atoms with Crippen LogP contribution in [0.5, 0.6) is 0 Å². The molecule has 0 radical (unpaired) electrons. The van der Waals surface area contributed by atoms with Crippen molar-refractivity contribution in [1.82, 2.24) is 10.2 Å². The van der Waals surface area contributed by atoms with Crippen molar-refractivity contribution in [2.45, 2.75) is 29.5 Å². The third-order valence-corrected chi connectivity index (χ3v) is 7.01. The van der Waals surface area contributed by atoms with E-state index in [1.54, 1.807) is 17.0 Å². The number of Topliss-reactive ketones (excluding diaryl/α,β-unsaturated/α-hetero) is 1. The van der Waals surface area contributed by atoms with Gasteiger partial charge >= 0.3 is 0 Å². The monoisotopic (exact) mass is 429 g/mol. The minimum Gasteiger partial charge on any atom is -0.384 e. The zero-order valence-electron chi connectivity index (χ0n) is 15.0. The summed E-state index contributed by atoms with van der Waals surface area (Å²) in [6.45, 7) is 0. The molecule has 6 nitrogen and oxygen atoms in total. The second kappa shape index (κ2) is 7.59. The summed E-state index contributed by atoms with van der Waals surface area (Å²) in [6.07, 6.45) is 3.82. The molecule has 0 fully saturated rings. The van der Waals surface area contributed by atoms with Crippen LogP contribution in [0.15, 0.2) is 51.3 Å². The molecule has 2 N–H and O–H groups in total. The second-order valence-electron chi connectivity index (χ2n) is 6.42. The van der Waals surface area contributed by atoms with Crippen molar-refractivity contribution in [1.29, 1.82) is 5.26 Å². The number of allylic oxidation sites excluding steroid dienone is 3. The number of anilines is 1. The van der Waals surface area contributed by atoms with Crippen LogP contribution in [0.1, 0.15) is 30.7 Å². The first-order valence-corrected chi connectivity index (χ1v) is 11.1. The normalized spacial score (nSPS) is 19.7. The predicted molar refractivity (Wildman–Crippen MR) is 111 cm³/mol. The van der Waals surface area contributed by atoms with Gasteiger partial charge < -0.3 is 5.73 Å². The molecule has 0 bridgehead atoms. The summed E-state index contributed by atoms with van der Waals surface area (Å²) in [5.74, 6) is -0.144. The average molecular weight is 430 g/mol. The summed E-state index contributed by atoms with van der Waals surface area (Å²) in [6, 6.07) is 9.45. The van der Waals surface area contributed by atoms with Crippen molar-refractivity contribution in [3.63, 3.8) is 0 Å². The van der Waals surface area contributed by atoms with E-state index in [0.29, 0.717) is 40.0 Å². The number of halogens is 1. The molecule has 2 aliphatic rings. The summed E-state index contributed by atoms with van der Waals surface area (Å²) >= 11 is 8.91. The van der Waals surface area contributed by atoms with Crippen LogP contribution in [0.4, 0.5) is 5.13 Å². The van der Waals surface area contributed by atoms with Gasteiger partial charge in [-0.25, -0.2) is 0 Å². The van der Waals surface area contributed by atoms with Crippen LogP contribution in [0.25, 0.3) is 0 Å². The highest BCUT2D eigenvalue weighted by molar-refractivity contribution is 8.00. The Labute approximate surface area is 175 Å². The van der Waals surface area contributed by atoms with Gasteiger partial charge in [-0.3, -0.25) is 9.69 Å². The van der Waals surface area contributed by atoms with E-state index in [-0.39, 0.29) is 5.78 Å². The third-order valence-electron chi connectivity index (χ3n) is 4.88. The predicted octanol–water partition coefficient (Wildman–Crippen LogP) is 4.22. The summed E-state index contributed by atoms with van der Waals surface area (Å²) in [4.78, 5) is 14.7. The first kappa shape index (κ1) is 19.0. The lowest BCUT2D eigenvalue weighted by Crippen LogP contribution is -2.38. The van der Waals surface area contributed by atoms with Gasteiger partial charge in [-0.05, 0) is 36.8 Å².